The zero-order valence-corrected chi connectivity index (χ0v) is 24.4. The fraction of sp³-hybridized carbons (Fsp3) is 0.120. The topological polar surface area (TPSA) is 165 Å². The van der Waals surface area contributed by atoms with E-state index < -0.39 is 34.7 Å². The van der Waals surface area contributed by atoms with Crippen molar-refractivity contribution in [3.8, 4) is 0 Å². The number of carbonyl (C=O) groups excluding carboxylic acids is 3. The summed E-state index contributed by atoms with van der Waals surface area (Å²) in [5.74, 6) is -4.35. The summed E-state index contributed by atoms with van der Waals surface area (Å²) in [7, 11) is 0. The molecule has 2 aromatic carbocycles. The van der Waals surface area contributed by atoms with E-state index in [1.807, 2.05) is 6.92 Å². The molecule has 1 N–H and O–H groups in total. The molecule has 2 heterocycles. The van der Waals surface area contributed by atoms with Crippen LogP contribution in [0.2, 0.25) is 0 Å². The van der Waals surface area contributed by atoms with Crippen LogP contribution in [0.3, 0.4) is 0 Å². The quantitative estimate of drug-likeness (QED) is 0.110. The van der Waals surface area contributed by atoms with Crippen LogP contribution in [0.15, 0.2) is 62.8 Å². The van der Waals surface area contributed by atoms with Gasteiger partial charge in [-0.05, 0) is 30.7 Å². The van der Waals surface area contributed by atoms with Gasteiger partial charge in [-0.2, -0.15) is 5.10 Å². The van der Waals surface area contributed by atoms with E-state index in [1.54, 1.807) is 30.3 Å². The fourth-order valence-electron chi connectivity index (χ4n) is 3.68. The van der Waals surface area contributed by atoms with Crippen molar-refractivity contribution >= 4 is 45.9 Å². The van der Waals surface area contributed by atoms with Crippen molar-refractivity contribution in [1.29, 1.82) is 0 Å². The Morgan fingerprint density at radius 1 is 1.03 bits per heavy atom. The largest absolute Gasteiger partial charge is 1.00 e. The summed E-state index contributed by atoms with van der Waals surface area (Å²) in [5, 5.41) is 27.3. The molecule has 0 spiro atoms. The smallest absolute Gasteiger partial charge is 0.543 e. The monoisotopic (exact) mass is 517 g/mol. The van der Waals surface area contributed by atoms with Gasteiger partial charge in [0.25, 0.3) is 5.91 Å². The molecule has 12 heteroatoms. The van der Waals surface area contributed by atoms with Gasteiger partial charge >= 0.3 is 59.1 Å². The minimum Gasteiger partial charge on any atom is -0.543 e. The number of aryl methyl sites for hydroxylation is 1. The molecule has 0 unspecified atom stereocenters. The van der Waals surface area contributed by atoms with Gasteiger partial charge in [0.05, 0.1) is 28.8 Å². The minimum atomic E-state index is -1.66. The molecule has 0 atom stereocenters. The third kappa shape index (κ3) is 6.53. The number of nitrogens with one attached hydrogen (secondary N) is 1. The van der Waals surface area contributed by atoms with Gasteiger partial charge in [0, 0.05) is 28.1 Å². The van der Waals surface area contributed by atoms with Crippen LogP contribution in [0.1, 0.15) is 55.9 Å². The van der Waals surface area contributed by atoms with Crippen LogP contribution < -0.4 is 80.2 Å². The van der Waals surface area contributed by atoms with E-state index in [9.17, 15) is 29.4 Å². The van der Waals surface area contributed by atoms with Gasteiger partial charge in [-0.25, -0.2) is 10.4 Å². The van der Waals surface area contributed by atoms with E-state index in [2.05, 4.69) is 15.5 Å². The van der Waals surface area contributed by atoms with Gasteiger partial charge in [-0.1, -0.05) is 31.5 Å². The van der Waals surface area contributed by atoms with Gasteiger partial charge in [-0.3, -0.25) is 9.59 Å². The number of aromatic nitrogens is 1. The second-order valence-corrected chi connectivity index (χ2v) is 7.59. The van der Waals surface area contributed by atoms with Gasteiger partial charge in [0.2, 0.25) is 0 Å². The Balaban J connectivity index is 0.00000241. The average Bonchev–Trinajstić information content (AvgIpc) is 2.84. The summed E-state index contributed by atoms with van der Waals surface area (Å²) in [6.07, 6.45) is 2.09. The van der Waals surface area contributed by atoms with Gasteiger partial charge in [0.1, 0.15) is 11.6 Å². The van der Waals surface area contributed by atoms with E-state index in [1.165, 1.54) is 18.3 Å². The molecule has 4 rings (SSSR count). The van der Waals surface area contributed by atoms with Crippen molar-refractivity contribution in [2.45, 2.75) is 19.8 Å². The van der Waals surface area contributed by atoms with Gasteiger partial charge in [0.15, 0.2) is 11.2 Å². The van der Waals surface area contributed by atoms with E-state index in [0.717, 1.165) is 6.07 Å². The van der Waals surface area contributed by atoms with Crippen molar-refractivity contribution in [1.82, 2.24) is 10.4 Å². The number of carboxylic acids is 2. The van der Waals surface area contributed by atoms with Crippen LogP contribution in [0.5, 0.6) is 0 Å². The molecule has 176 valence electrons. The molecule has 0 bridgehead atoms. The first-order valence-electron chi connectivity index (χ1n) is 10.6. The molecular formula is C25H17N3Na2O7. The Morgan fingerprint density at radius 2 is 1.73 bits per heavy atom. The number of benzene rings is 2. The number of hydrazone groups is 1. The first-order valence-corrected chi connectivity index (χ1v) is 10.6. The summed E-state index contributed by atoms with van der Waals surface area (Å²) in [6.45, 7) is 1.84. The normalized spacial score (nSPS) is 10.6. The number of pyridine rings is 1. The molecule has 0 aliphatic heterocycles. The predicted octanol–water partition coefficient (Wildman–Crippen LogP) is -5.21. The molecule has 0 aliphatic carbocycles. The SMILES string of the molecule is CCCc1c2nc(C(=O)[O-])cc(/C=N/NC(=O)c3ccccc3)c2cc2c(=O)cc(C(=O)[O-])oc12.[Na+].[Na+]. The fourth-order valence-corrected chi connectivity index (χ4v) is 3.68. The Kier molecular flexibility index (Phi) is 10.7. The summed E-state index contributed by atoms with van der Waals surface area (Å²) in [6, 6.07) is 11.8. The maximum absolute atomic E-state index is 12.7. The van der Waals surface area contributed by atoms with Gasteiger partial charge < -0.3 is 24.2 Å². The number of hydrogen-bond acceptors (Lipinski definition) is 9. The molecule has 0 saturated carbocycles. The predicted molar refractivity (Wildman–Crippen MR) is 122 cm³/mol. The Hall–Kier alpha value is -2.86. The van der Waals surface area contributed by atoms with E-state index in [-0.39, 0.29) is 81.2 Å². The molecule has 10 nitrogen and oxygen atoms in total. The van der Waals surface area contributed by atoms with E-state index in [4.69, 9.17) is 4.42 Å². The van der Waals surface area contributed by atoms with E-state index >= 15 is 0 Å². The third-order valence-corrected chi connectivity index (χ3v) is 5.24. The molecule has 37 heavy (non-hydrogen) atoms. The molecular weight excluding hydrogens is 500 g/mol. The number of rotatable bonds is 7. The summed E-state index contributed by atoms with van der Waals surface area (Å²) in [4.78, 5) is 52.1. The molecule has 0 radical (unpaired) electrons. The number of carboxylic acid groups (broad SMARTS) is 2. The molecule has 4 aromatic rings. The molecule has 1 amide bonds. The van der Waals surface area contributed by atoms with Crippen LogP contribution in [0, 0.1) is 0 Å². The second kappa shape index (κ2) is 13.1. The molecule has 0 aliphatic rings. The molecule has 2 aromatic heterocycles. The van der Waals surface area contributed by atoms with Crippen molar-refractivity contribution in [2.75, 3.05) is 0 Å². The number of fused-ring (bicyclic) bond motifs is 2. The van der Waals surface area contributed by atoms with Crippen LogP contribution in [0.25, 0.3) is 21.9 Å². The van der Waals surface area contributed by atoms with Gasteiger partial charge in [-0.15, -0.1) is 0 Å². The van der Waals surface area contributed by atoms with Crippen LogP contribution in [-0.4, -0.2) is 29.0 Å². The average molecular weight is 517 g/mol. The molecule has 0 saturated heterocycles. The zero-order valence-electron chi connectivity index (χ0n) is 20.4. The Labute approximate surface area is 254 Å². The van der Waals surface area contributed by atoms with Crippen molar-refractivity contribution in [3.05, 3.63) is 86.9 Å². The third-order valence-electron chi connectivity index (χ3n) is 5.24. The number of hydrogen-bond donors (Lipinski definition) is 1. The summed E-state index contributed by atoms with van der Waals surface area (Å²) in [5.41, 5.74) is 2.46. The Morgan fingerprint density at radius 3 is 2.35 bits per heavy atom. The van der Waals surface area contributed by atoms with Crippen molar-refractivity contribution in [2.24, 2.45) is 5.10 Å². The number of aromatic carboxylic acids is 2. The molecule has 0 fully saturated rings. The second-order valence-electron chi connectivity index (χ2n) is 7.59. The standard InChI is InChI=1S/C25H19N3O7.2Na/c1-2-6-15-21-16(10-17-19(29)11-20(25(33)34)35-22(15)17)14(9-18(27-21)24(31)32)12-26-28-23(30)13-7-4-3-5-8-13;;/h3-5,7-12H,2,6H2,1H3,(H,28,30)(H,31,32)(H,33,34);;/q;2*+1/p-2/b26-12+;;. The Bertz CT molecular complexity index is 1580. The zero-order chi connectivity index (χ0) is 25.1. The summed E-state index contributed by atoms with van der Waals surface area (Å²) < 4.78 is 5.44. The number of carbonyl (C=O) groups is 3. The maximum Gasteiger partial charge on any atom is 1.00 e. The van der Waals surface area contributed by atoms with Crippen LogP contribution in [0.4, 0.5) is 0 Å². The minimum absolute atomic E-state index is 0. The number of nitrogens with zero attached hydrogens (tertiary/aromatic N) is 2. The summed E-state index contributed by atoms with van der Waals surface area (Å²) >= 11 is 0. The van der Waals surface area contributed by atoms with Crippen LogP contribution >= 0.6 is 0 Å². The van der Waals surface area contributed by atoms with Crippen LogP contribution in [-0.2, 0) is 6.42 Å². The first kappa shape index (κ1) is 30.4. The van der Waals surface area contributed by atoms with E-state index in [0.29, 0.717) is 29.4 Å². The van der Waals surface area contributed by atoms with Crippen molar-refractivity contribution in [3.63, 3.8) is 0 Å². The maximum atomic E-state index is 12.7. The number of amides is 1. The first-order chi connectivity index (χ1) is 16.8. The van der Waals surface area contributed by atoms with Crippen molar-refractivity contribution < 1.29 is 88.1 Å².